The van der Waals surface area contributed by atoms with Crippen molar-refractivity contribution >= 4 is 45.4 Å². The smallest absolute Gasteiger partial charge is 0.148 e. The summed E-state index contributed by atoms with van der Waals surface area (Å²) in [6.45, 7) is 0. The number of thioether (sulfide) groups is 1. The van der Waals surface area contributed by atoms with Gasteiger partial charge >= 0.3 is 0 Å². The molecule has 2 aromatic rings. The number of para-hydroxylation sites is 1. The van der Waals surface area contributed by atoms with E-state index in [4.69, 9.17) is 11.6 Å². The monoisotopic (exact) mass is 268 g/mol. The predicted molar refractivity (Wildman–Crippen MR) is 73.3 cm³/mol. The molecule has 0 saturated carbocycles. The second kappa shape index (κ2) is 5.48. The van der Waals surface area contributed by atoms with Crippen LogP contribution < -0.4 is 0 Å². The van der Waals surface area contributed by atoms with E-state index in [2.05, 4.69) is 9.98 Å². The molecule has 0 aliphatic carbocycles. The second-order valence-corrected chi connectivity index (χ2v) is 5.01. The van der Waals surface area contributed by atoms with Crippen molar-refractivity contribution in [1.29, 1.82) is 0 Å². The highest BCUT2D eigenvalue weighted by atomic mass is 35.5. The van der Waals surface area contributed by atoms with Crippen molar-refractivity contribution < 1.29 is 0 Å². The van der Waals surface area contributed by atoms with Gasteiger partial charge in [-0.15, -0.1) is 23.1 Å². The summed E-state index contributed by atoms with van der Waals surface area (Å²) in [7, 11) is 0. The van der Waals surface area contributed by atoms with E-state index in [1.807, 2.05) is 35.9 Å². The minimum absolute atomic E-state index is 0.658. The van der Waals surface area contributed by atoms with Crippen LogP contribution in [0.1, 0.15) is 5.01 Å². The summed E-state index contributed by atoms with van der Waals surface area (Å²) < 4.78 is 0. The third kappa shape index (κ3) is 2.64. The number of hydrogen-bond donors (Lipinski definition) is 0. The average Bonchev–Trinajstić information content (AvgIpc) is 2.81. The van der Waals surface area contributed by atoms with Gasteiger partial charge in [0.05, 0.1) is 10.7 Å². The molecule has 0 bridgehead atoms. The number of aliphatic imine (C=N–C) groups is 1. The van der Waals surface area contributed by atoms with Gasteiger partial charge in [0.25, 0.3) is 0 Å². The van der Waals surface area contributed by atoms with Gasteiger partial charge in [-0.25, -0.2) is 9.98 Å². The van der Waals surface area contributed by atoms with Crippen LogP contribution in [0.25, 0.3) is 0 Å². The van der Waals surface area contributed by atoms with Gasteiger partial charge in [-0.05, 0) is 18.4 Å². The van der Waals surface area contributed by atoms with E-state index in [0.29, 0.717) is 5.02 Å². The van der Waals surface area contributed by atoms with Crippen LogP contribution in [0, 0.1) is 0 Å². The van der Waals surface area contributed by atoms with Crippen molar-refractivity contribution in [1.82, 2.24) is 4.98 Å². The lowest BCUT2D eigenvalue weighted by Gasteiger charge is -2.01. The number of nitrogens with zero attached hydrogens (tertiary/aromatic N) is 2. The molecular weight excluding hydrogens is 260 g/mol. The average molecular weight is 269 g/mol. The number of benzene rings is 1. The molecule has 0 aliphatic heterocycles. The first-order chi connectivity index (χ1) is 7.81. The zero-order chi connectivity index (χ0) is 11.4. The Labute approximate surface area is 107 Å². The lowest BCUT2D eigenvalue weighted by atomic mass is 10.3. The van der Waals surface area contributed by atoms with Crippen LogP contribution in [-0.4, -0.2) is 16.3 Å². The molecule has 0 fully saturated rings. The second-order valence-electron chi connectivity index (χ2n) is 2.91. The molecule has 0 aliphatic rings. The van der Waals surface area contributed by atoms with Crippen molar-refractivity contribution in [2.24, 2.45) is 4.99 Å². The minimum atomic E-state index is 0.658. The molecule has 0 atom stereocenters. The summed E-state index contributed by atoms with van der Waals surface area (Å²) in [5, 5.41) is 4.41. The number of thiazole rings is 1. The Bertz CT molecular complexity index is 494. The van der Waals surface area contributed by atoms with Gasteiger partial charge < -0.3 is 0 Å². The van der Waals surface area contributed by atoms with Crippen molar-refractivity contribution in [3.63, 3.8) is 0 Å². The summed E-state index contributed by atoms with van der Waals surface area (Å²) in [5.74, 6) is 0. The van der Waals surface area contributed by atoms with Crippen LogP contribution in [0.4, 0.5) is 5.69 Å². The maximum atomic E-state index is 6.05. The Kier molecular flexibility index (Phi) is 3.98. The molecule has 2 rings (SSSR count). The third-order valence-electron chi connectivity index (χ3n) is 1.88. The molecule has 16 heavy (non-hydrogen) atoms. The van der Waals surface area contributed by atoms with Crippen LogP contribution in [0.5, 0.6) is 0 Å². The van der Waals surface area contributed by atoms with E-state index in [9.17, 15) is 0 Å². The van der Waals surface area contributed by atoms with Gasteiger partial charge in [0, 0.05) is 11.6 Å². The Morgan fingerprint density at radius 2 is 2.25 bits per heavy atom. The molecule has 1 aromatic heterocycles. The van der Waals surface area contributed by atoms with Gasteiger partial charge in [-0.1, -0.05) is 23.7 Å². The van der Waals surface area contributed by atoms with Gasteiger partial charge in [-0.3, -0.25) is 0 Å². The highest BCUT2D eigenvalue weighted by Gasteiger charge is 2.06. The molecule has 0 radical (unpaired) electrons. The first-order valence-electron chi connectivity index (χ1n) is 4.58. The number of hydrogen-bond acceptors (Lipinski definition) is 4. The zero-order valence-corrected chi connectivity index (χ0v) is 10.9. The highest BCUT2D eigenvalue weighted by Crippen LogP contribution is 2.26. The molecule has 0 spiro atoms. The largest absolute Gasteiger partial charge is 0.242 e. The standard InChI is InChI=1S/C11H9ClN2S2/c1-15-11(10-13-6-7-16-10)14-9-5-3-2-4-8(9)12/h2-7H,1H3/b14-11-. The van der Waals surface area contributed by atoms with E-state index in [0.717, 1.165) is 15.7 Å². The molecule has 1 heterocycles. The number of halogens is 1. The fourth-order valence-electron chi connectivity index (χ4n) is 1.16. The van der Waals surface area contributed by atoms with E-state index >= 15 is 0 Å². The lowest BCUT2D eigenvalue weighted by Crippen LogP contribution is -1.92. The molecule has 0 N–H and O–H groups in total. The van der Waals surface area contributed by atoms with Crippen molar-refractivity contribution in [3.8, 4) is 0 Å². The van der Waals surface area contributed by atoms with Crippen LogP contribution >= 0.6 is 34.7 Å². The SMILES string of the molecule is CS/C(=N\c1ccccc1Cl)c1nccs1. The molecular formula is C11H9ClN2S2. The predicted octanol–water partition coefficient (Wildman–Crippen LogP) is 4.24. The highest BCUT2D eigenvalue weighted by molar-refractivity contribution is 8.14. The third-order valence-corrected chi connectivity index (χ3v) is 3.78. The zero-order valence-electron chi connectivity index (χ0n) is 8.55. The summed E-state index contributed by atoms with van der Waals surface area (Å²) in [6, 6.07) is 7.54. The van der Waals surface area contributed by atoms with E-state index < -0.39 is 0 Å². The summed E-state index contributed by atoms with van der Waals surface area (Å²) >= 11 is 9.20. The summed E-state index contributed by atoms with van der Waals surface area (Å²) in [6.07, 6.45) is 3.76. The maximum absolute atomic E-state index is 6.05. The van der Waals surface area contributed by atoms with Gasteiger partial charge in [0.15, 0.2) is 0 Å². The minimum Gasteiger partial charge on any atom is -0.242 e. The molecule has 5 heteroatoms. The van der Waals surface area contributed by atoms with Crippen molar-refractivity contribution in [2.45, 2.75) is 0 Å². The summed E-state index contributed by atoms with van der Waals surface area (Å²) in [4.78, 5) is 8.75. The Balaban J connectivity index is 2.39. The maximum Gasteiger partial charge on any atom is 0.148 e. The molecule has 2 nitrogen and oxygen atoms in total. The number of rotatable bonds is 2. The van der Waals surface area contributed by atoms with Crippen molar-refractivity contribution in [3.05, 3.63) is 45.9 Å². The first-order valence-corrected chi connectivity index (χ1v) is 7.06. The summed E-state index contributed by atoms with van der Waals surface area (Å²) in [5.41, 5.74) is 0.781. The fourth-order valence-corrected chi connectivity index (χ4v) is 2.67. The van der Waals surface area contributed by atoms with Crippen LogP contribution in [0.2, 0.25) is 5.02 Å². The van der Waals surface area contributed by atoms with Crippen molar-refractivity contribution in [2.75, 3.05) is 6.26 Å². The fraction of sp³-hybridized carbons (Fsp3) is 0.0909. The molecule has 1 aromatic carbocycles. The Morgan fingerprint density at radius 1 is 1.44 bits per heavy atom. The van der Waals surface area contributed by atoms with Gasteiger partial charge in [0.1, 0.15) is 10.1 Å². The molecule has 0 saturated heterocycles. The number of aromatic nitrogens is 1. The molecule has 82 valence electrons. The van der Waals surface area contributed by atoms with E-state index in [1.165, 1.54) is 0 Å². The van der Waals surface area contributed by atoms with Gasteiger partial charge in [0.2, 0.25) is 0 Å². The normalized spacial score (nSPS) is 11.8. The topological polar surface area (TPSA) is 25.2 Å². The Morgan fingerprint density at radius 3 is 2.88 bits per heavy atom. The molecule has 0 amide bonds. The molecule has 0 unspecified atom stereocenters. The van der Waals surface area contributed by atoms with Crippen LogP contribution in [-0.2, 0) is 0 Å². The first kappa shape index (κ1) is 11.6. The van der Waals surface area contributed by atoms with Gasteiger partial charge in [-0.2, -0.15) is 0 Å². The lowest BCUT2D eigenvalue weighted by molar-refractivity contribution is 1.39. The van der Waals surface area contributed by atoms with Crippen LogP contribution in [0.15, 0.2) is 40.8 Å². The Hall–Kier alpha value is -0.840. The quantitative estimate of drug-likeness (QED) is 0.601. The van der Waals surface area contributed by atoms with E-state index in [-0.39, 0.29) is 0 Å². The van der Waals surface area contributed by atoms with E-state index in [1.54, 1.807) is 29.3 Å². The van der Waals surface area contributed by atoms with Crippen LogP contribution in [0.3, 0.4) is 0 Å².